The van der Waals surface area contributed by atoms with Crippen LogP contribution in [0.25, 0.3) is 0 Å². The summed E-state index contributed by atoms with van der Waals surface area (Å²) in [5.74, 6) is -0.214. The summed E-state index contributed by atoms with van der Waals surface area (Å²) in [6.45, 7) is 0.572. The van der Waals surface area contributed by atoms with Gasteiger partial charge in [0.25, 0.3) is 0 Å². The highest BCUT2D eigenvalue weighted by molar-refractivity contribution is 5.33. The Morgan fingerprint density at radius 1 is 1.16 bits per heavy atom. The third-order valence-electron chi connectivity index (χ3n) is 2.35. The van der Waals surface area contributed by atoms with Crippen molar-refractivity contribution in [3.05, 3.63) is 29.8 Å². The molecule has 0 radical (unpaired) electrons. The monoisotopic (exact) mass is 279 g/mol. The number of alkyl halides is 3. The van der Waals surface area contributed by atoms with Crippen LogP contribution in [0.4, 0.5) is 13.2 Å². The lowest BCUT2D eigenvalue weighted by molar-refractivity contribution is -0.274. The molecule has 0 aromatic heterocycles. The summed E-state index contributed by atoms with van der Waals surface area (Å²) in [5.41, 5.74) is 0.408. The zero-order valence-electron chi connectivity index (χ0n) is 10.7. The third kappa shape index (κ3) is 5.91. The lowest BCUT2D eigenvalue weighted by Crippen LogP contribution is -2.29. The quantitative estimate of drug-likeness (QED) is 0.777. The summed E-state index contributed by atoms with van der Waals surface area (Å²) in [6, 6.07) is 5.96. The molecular weight excluding hydrogens is 263 g/mol. The third-order valence-corrected chi connectivity index (χ3v) is 2.35. The first kappa shape index (κ1) is 15.7. The summed E-state index contributed by atoms with van der Waals surface area (Å²) >= 11 is 0. The molecule has 0 atom stereocenters. The molecule has 0 amide bonds. The molecule has 0 unspecified atom stereocenters. The molecule has 0 saturated carbocycles. The van der Waals surface area contributed by atoms with Crippen molar-refractivity contribution in [2.24, 2.45) is 0 Å². The zero-order valence-corrected chi connectivity index (χ0v) is 10.7. The van der Waals surface area contributed by atoms with E-state index in [0.717, 1.165) is 0 Å². The largest absolute Gasteiger partial charge is 0.573 e. The molecule has 1 aromatic carbocycles. The van der Waals surface area contributed by atoms with Crippen LogP contribution >= 0.6 is 0 Å². The van der Waals surface area contributed by atoms with Gasteiger partial charge in [-0.3, -0.25) is 0 Å². The van der Waals surface area contributed by atoms with E-state index in [1.165, 1.54) is 26.4 Å². The highest BCUT2D eigenvalue weighted by Crippen LogP contribution is 2.25. The fourth-order valence-corrected chi connectivity index (χ4v) is 1.46. The lowest BCUT2D eigenvalue weighted by Gasteiger charge is -2.16. The van der Waals surface area contributed by atoms with Gasteiger partial charge in [-0.1, -0.05) is 18.2 Å². The van der Waals surface area contributed by atoms with Crippen molar-refractivity contribution in [2.45, 2.75) is 19.2 Å². The average molecular weight is 279 g/mol. The molecule has 1 aromatic rings. The number of methoxy groups -OCH3 is 2. The molecule has 4 nitrogen and oxygen atoms in total. The molecule has 0 spiro atoms. The predicted octanol–water partition coefficient (Wildman–Crippen LogP) is 2.29. The Labute approximate surface area is 109 Å². The van der Waals surface area contributed by atoms with Gasteiger partial charge in [0.1, 0.15) is 5.75 Å². The smallest absolute Gasteiger partial charge is 0.405 e. The minimum Gasteiger partial charge on any atom is -0.405 e. The van der Waals surface area contributed by atoms with Crippen molar-refractivity contribution >= 4 is 0 Å². The van der Waals surface area contributed by atoms with Gasteiger partial charge in [0.05, 0.1) is 0 Å². The van der Waals surface area contributed by atoms with Crippen LogP contribution in [0.15, 0.2) is 24.3 Å². The van der Waals surface area contributed by atoms with Crippen LogP contribution in [0, 0.1) is 0 Å². The molecule has 1 N–H and O–H groups in total. The Kier molecular flexibility index (Phi) is 6.07. The van der Waals surface area contributed by atoms with Gasteiger partial charge in [-0.25, -0.2) is 0 Å². The maximum absolute atomic E-state index is 12.2. The summed E-state index contributed by atoms with van der Waals surface area (Å²) in [5, 5.41) is 2.93. The average Bonchev–Trinajstić information content (AvgIpc) is 2.35. The van der Waals surface area contributed by atoms with Crippen molar-refractivity contribution in [3.8, 4) is 5.75 Å². The number of para-hydroxylation sites is 1. The zero-order chi connectivity index (χ0) is 14.3. The Morgan fingerprint density at radius 3 is 2.37 bits per heavy atom. The molecule has 0 fully saturated rings. The molecule has 0 bridgehead atoms. The number of nitrogens with one attached hydrogen (secondary N) is 1. The van der Waals surface area contributed by atoms with E-state index in [1.807, 2.05) is 0 Å². The van der Waals surface area contributed by atoms with Crippen LogP contribution in [0.5, 0.6) is 5.75 Å². The van der Waals surface area contributed by atoms with E-state index in [0.29, 0.717) is 12.1 Å². The predicted molar refractivity (Wildman–Crippen MR) is 62.6 cm³/mol. The van der Waals surface area contributed by atoms with Crippen LogP contribution in [0.2, 0.25) is 0 Å². The first-order chi connectivity index (χ1) is 8.96. The maximum Gasteiger partial charge on any atom is 0.573 e. The van der Waals surface area contributed by atoms with Gasteiger partial charge < -0.3 is 19.5 Å². The number of ether oxygens (including phenoxy) is 3. The molecular formula is C12H16F3NO3. The van der Waals surface area contributed by atoms with Crippen molar-refractivity contribution in [2.75, 3.05) is 20.8 Å². The van der Waals surface area contributed by atoms with Crippen molar-refractivity contribution in [1.29, 1.82) is 0 Å². The van der Waals surface area contributed by atoms with Crippen LogP contribution in [-0.4, -0.2) is 33.4 Å². The van der Waals surface area contributed by atoms with E-state index in [-0.39, 0.29) is 12.3 Å². The highest BCUT2D eigenvalue weighted by Gasteiger charge is 2.31. The molecule has 1 rings (SSSR count). The normalized spacial score (nSPS) is 11.9. The van der Waals surface area contributed by atoms with Gasteiger partial charge in [0, 0.05) is 32.9 Å². The molecule has 0 saturated heterocycles. The van der Waals surface area contributed by atoms with E-state index >= 15 is 0 Å². The van der Waals surface area contributed by atoms with Crippen molar-refractivity contribution in [3.63, 3.8) is 0 Å². The van der Waals surface area contributed by atoms with Crippen LogP contribution in [0.1, 0.15) is 5.56 Å². The van der Waals surface area contributed by atoms with Crippen molar-refractivity contribution < 1.29 is 27.4 Å². The van der Waals surface area contributed by atoms with E-state index < -0.39 is 12.7 Å². The molecule has 7 heteroatoms. The Hall–Kier alpha value is -1.31. The van der Waals surface area contributed by atoms with Crippen LogP contribution in [0.3, 0.4) is 0 Å². The highest BCUT2D eigenvalue weighted by atomic mass is 19.4. The topological polar surface area (TPSA) is 39.7 Å². The minimum atomic E-state index is -4.70. The number of rotatable bonds is 7. The number of hydrogen-bond donors (Lipinski definition) is 1. The maximum atomic E-state index is 12.2. The number of benzene rings is 1. The fourth-order valence-electron chi connectivity index (χ4n) is 1.46. The Morgan fingerprint density at radius 2 is 1.79 bits per heavy atom. The van der Waals surface area contributed by atoms with Gasteiger partial charge >= 0.3 is 6.36 Å². The first-order valence-electron chi connectivity index (χ1n) is 5.56. The molecule has 19 heavy (non-hydrogen) atoms. The van der Waals surface area contributed by atoms with E-state index in [1.54, 1.807) is 12.1 Å². The molecule has 0 heterocycles. The first-order valence-corrected chi connectivity index (χ1v) is 5.56. The van der Waals surface area contributed by atoms with E-state index in [4.69, 9.17) is 9.47 Å². The molecule has 108 valence electrons. The molecule has 0 aliphatic heterocycles. The SMILES string of the molecule is COC(CNCc1ccccc1OC(F)(F)F)OC. The van der Waals surface area contributed by atoms with E-state index in [9.17, 15) is 13.2 Å². The second-order valence-electron chi connectivity index (χ2n) is 3.69. The molecule has 0 aliphatic rings. The number of hydrogen-bond acceptors (Lipinski definition) is 4. The van der Waals surface area contributed by atoms with Crippen molar-refractivity contribution in [1.82, 2.24) is 5.32 Å². The van der Waals surface area contributed by atoms with E-state index in [2.05, 4.69) is 10.1 Å². The van der Waals surface area contributed by atoms with Gasteiger partial charge in [-0.05, 0) is 6.07 Å². The van der Waals surface area contributed by atoms with Gasteiger partial charge in [-0.15, -0.1) is 13.2 Å². The van der Waals surface area contributed by atoms with Crippen LogP contribution < -0.4 is 10.1 Å². The Balaban J connectivity index is 2.58. The second-order valence-corrected chi connectivity index (χ2v) is 3.69. The minimum absolute atomic E-state index is 0.214. The molecule has 0 aliphatic carbocycles. The summed E-state index contributed by atoms with van der Waals surface area (Å²) < 4.78 is 50.4. The second kappa shape index (κ2) is 7.32. The van der Waals surface area contributed by atoms with Gasteiger partial charge in [0.2, 0.25) is 0 Å². The summed E-state index contributed by atoms with van der Waals surface area (Å²) in [6.07, 6.45) is -5.15. The van der Waals surface area contributed by atoms with Gasteiger partial charge in [0.15, 0.2) is 6.29 Å². The summed E-state index contributed by atoms with van der Waals surface area (Å²) in [7, 11) is 2.97. The standard InChI is InChI=1S/C12H16F3NO3/c1-17-11(18-2)8-16-7-9-5-3-4-6-10(9)19-12(13,14)15/h3-6,11,16H,7-8H2,1-2H3. The Bertz CT molecular complexity index is 381. The summed E-state index contributed by atoms with van der Waals surface area (Å²) in [4.78, 5) is 0. The number of halogens is 3. The van der Waals surface area contributed by atoms with Crippen LogP contribution in [-0.2, 0) is 16.0 Å². The lowest BCUT2D eigenvalue weighted by atomic mass is 10.2. The fraction of sp³-hybridized carbons (Fsp3) is 0.500. The van der Waals surface area contributed by atoms with Gasteiger partial charge in [-0.2, -0.15) is 0 Å².